The summed E-state index contributed by atoms with van der Waals surface area (Å²) >= 11 is 1.26. The van der Waals surface area contributed by atoms with E-state index in [-0.39, 0.29) is 29.9 Å². The molecule has 0 atom stereocenters. The maximum Gasteiger partial charge on any atom is 0.331 e. The first kappa shape index (κ1) is 28.4. The van der Waals surface area contributed by atoms with Crippen LogP contribution in [0.5, 0.6) is 11.5 Å². The summed E-state index contributed by atoms with van der Waals surface area (Å²) in [7, 11) is 0. The molecule has 1 aliphatic carbocycles. The zero-order valence-electron chi connectivity index (χ0n) is 23.6. The van der Waals surface area contributed by atoms with Crippen LogP contribution in [0.2, 0.25) is 0 Å². The van der Waals surface area contributed by atoms with Gasteiger partial charge in [0.2, 0.25) is 5.91 Å². The lowest BCUT2D eigenvalue weighted by Crippen LogP contribution is -2.43. The number of carbonyl (C=O) groups excluding carboxylic acids is 3. The second kappa shape index (κ2) is 12.2. The molecule has 0 spiro atoms. The lowest BCUT2D eigenvalue weighted by atomic mass is 9.91. The Balaban J connectivity index is 1.19. The van der Waals surface area contributed by atoms with E-state index in [0.29, 0.717) is 39.1 Å². The number of ether oxygens (including phenoxy) is 1. The van der Waals surface area contributed by atoms with Gasteiger partial charge in [0.1, 0.15) is 21.2 Å². The number of urea groups is 1. The molecule has 2 aliphatic rings. The molecule has 43 heavy (non-hydrogen) atoms. The summed E-state index contributed by atoms with van der Waals surface area (Å²) in [4.78, 5) is 46.2. The van der Waals surface area contributed by atoms with Crippen molar-refractivity contribution < 1.29 is 19.1 Å². The molecule has 2 aromatic heterocycles. The quantitative estimate of drug-likeness (QED) is 0.191. The summed E-state index contributed by atoms with van der Waals surface area (Å²) in [6, 6.07) is 16.6. The van der Waals surface area contributed by atoms with Crippen LogP contribution in [0, 0.1) is 6.92 Å². The fraction of sp³-hybridized carbons (Fsp3) is 0.250. The van der Waals surface area contributed by atoms with Crippen LogP contribution in [-0.4, -0.2) is 41.5 Å². The molecule has 0 saturated heterocycles. The molecule has 4 amide bonds. The van der Waals surface area contributed by atoms with Crippen molar-refractivity contribution >= 4 is 56.5 Å². The second-order valence-electron chi connectivity index (χ2n) is 10.6. The highest BCUT2D eigenvalue weighted by atomic mass is 32.1. The van der Waals surface area contributed by atoms with Gasteiger partial charge < -0.3 is 26.4 Å². The number of pyridine rings is 1. The van der Waals surface area contributed by atoms with Gasteiger partial charge in [0, 0.05) is 30.9 Å². The molecule has 2 aromatic carbocycles. The predicted octanol–water partition coefficient (Wildman–Crippen LogP) is 5.75. The second-order valence-corrected chi connectivity index (χ2v) is 11.6. The average Bonchev–Trinajstić information content (AvgIpc) is 3.38. The minimum absolute atomic E-state index is 0.0277. The van der Waals surface area contributed by atoms with Gasteiger partial charge in [-0.15, -0.1) is 11.3 Å². The lowest BCUT2D eigenvalue weighted by Gasteiger charge is -2.30. The van der Waals surface area contributed by atoms with E-state index >= 15 is 0 Å². The van der Waals surface area contributed by atoms with Gasteiger partial charge in [-0.3, -0.25) is 14.5 Å². The van der Waals surface area contributed by atoms with Gasteiger partial charge >= 0.3 is 6.03 Å². The molecule has 6 rings (SSSR count). The molecule has 10 nitrogen and oxygen atoms in total. The minimum Gasteiger partial charge on any atom is -0.457 e. The number of amides is 4. The standard InChI is InChI=1S/C32H32N6O4S/c1-19-18-23(42-22-6-3-2-4-7-22)13-14-24(19)38-25-15-17-34-31-27(25)28(37-32(38)41)29(43-31)30(40)36-21-11-9-20(10-12-21)35-26(39)8-5-16-33/h2-8,13-15,17-18,20-21H,9-12,16,33H2,1H3,(H,35,39)(H,36,40)(H,37,41)/b8-5+/t20-,21+. The summed E-state index contributed by atoms with van der Waals surface area (Å²) in [6.45, 7) is 2.25. The Labute approximate surface area is 252 Å². The van der Waals surface area contributed by atoms with Gasteiger partial charge in [0.25, 0.3) is 5.91 Å². The van der Waals surface area contributed by atoms with Gasteiger partial charge in [0.15, 0.2) is 0 Å². The smallest absolute Gasteiger partial charge is 0.331 e. The van der Waals surface area contributed by atoms with E-state index < -0.39 is 0 Å². The molecule has 1 saturated carbocycles. The van der Waals surface area contributed by atoms with Crippen LogP contribution in [0.4, 0.5) is 21.9 Å². The van der Waals surface area contributed by atoms with Crippen molar-refractivity contribution in [3.63, 3.8) is 0 Å². The SMILES string of the molecule is Cc1cc(Oc2ccccc2)ccc1N1C(=O)Nc2c(C(=O)N[C@H]3CC[C@@H](NC(=O)/C=C/CN)CC3)sc3nccc1c23. The Bertz CT molecular complexity index is 1710. The van der Waals surface area contributed by atoms with Gasteiger partial charge in [-0.1, -0.05) is 24.3 Å². The van der Waals surface area contributed by atoms with Crippen molar-refractivity contribution in [2.45, 2.75) is 44.7 Å². The summed E-state index contributed by atoms with van der Waals surface area (Å²) < 4.78 is 5.97. The summed E-state index contributed by atoms with van der Waals surface area (Å²) in [5.74, 6) is 1.00. The van der Waals surface area contributed by atoms with Crippen LogP contribution in [-0.2, 0) is 4.79 Å². The van der Waals surface area contributed by atoms with E-state index in [2.05, 4.69) is 20.9 Å². The maximum atomic E-state index is 13.6. The van der Waals surface area contributed by atoms with Crippen molar-refractivity contribution in [1.82, 2.24) is 15.6 Å². The van der Waals surface area contributed by atoms with Gasteiger partial charge in [0.05, 0.1) is 22.4 Å². The number of aryl methyl sites for hydroxylation is 1. The number of nitrogens with one attached hydrogen (secondary N) is 3. The molecule has 0 unspecified atom stereocenters. The number of aromatic nitrogens is 1. The molecule has 5 N–H and O–H groups in total. The number of rotatable bonds is 8. The molecule has 1 aliphatic heterocycles. The fourth-order valence-corrected chi connectivity index (χ4v) is 6.63. The van der Waals surface area contributed by atoms with Crippen LogP contribution >= 0.6 is 11.3 Å². The highest BCUT2D eigenvalue weighted by Crippen LogP contribution is 2.46. The minimum atomic E-state index is -0.354. The van der Waals surface area contributed by atoms with Gasteiger partial charge in [-0.05, 0) is 74.6 Å². The first-order chi connectivity index (χ1) is 20.9. The van der Waals surface area contributed by atoms with Crippen molar-refractivity contribution in [2.75, 3.05) is 16.8 Å². The molecular formula is C32H32N6O4S. The number of hydrogen-bond acceptors (Lipinski definition) is 7. The van der Waals surface area contributed by atoms with Crippen molar-refractivity contribution in [3.8, 4) is 11.5 Å². The summed E-state index contributed by atoms with van der Waals surface area (Å²) in [5, 5.41) is 9.83. The first-order valence-corrected chi connectivity index (χ1v) is 15.1. The monoisotopic (exact) mass is 596 g/mol. The molecule has 0 bridgehead atoms. The Hall–Kier alpha value is -4.74. The number of para-hydroxylation sites is 1. The van der Waals surface area contributed by atoms with Crippen LogP contribution in [0.1, 0.15) is 40.9 Å². The van der Waals surface area contributed by atoms with Crippen LogP contribution in [0.3, 0.4) is 0 Å². The topological polar surface area (TPSA) is 139 Å². The van der Waals surface area contributed by atoms with Gasteiger partial charge in [-0.25, -0.2) is 9.78 Å². The molecule has 11 heteroatoms. The number of nitrogens with zero attached hydrogens (tertiary/aromatic N) is 2. The van der Waals surface area contributed by atoms with Crippen molar-refractivity contribution in [2.24, 2.45) is 5.73 Å². The van der Waals surface area contributed by atoms with E-state index in [4.69, 9.17) is 10.5 Å². The Morgan fingerprint density at radius 2 is 1.79 bits per heavy atom. The highest BCUT2D eigenvalue weighted by Gasteiger charge is 2.34. The third-order valence-electron chi connectivity index (χ3n) is 7.65. The van der Waals surface area contributed by atoms with Crippen LogP contribution < -0.4 is 31.3 Å². The van der Waals surface area contributed by atoms with E-state index in [1.165, 1.54) is 17.4 Å². The number of benzene rings is 2. The molecule has 3 heterocycles. The Kier molecular flexibility index (Phi) is 8.08. The summed E-state index contributed by atoms with van der Waals surface area (Å²) in [5.41, 5.74) is 8.12. The fourth-order valence-electron chi connectivity index (χ4n) is 5.61. The molecule has 1 fully saturated rings. The third kappa shape index (κ3) is 5.95. The zero-order valence-corrected chi connectivity index (χ0v) is 24.4. The third-order valence-corrected chi connectivity index (χ3v) is 8.75. The normalized spacial score (nSPS) is 18.0. The van der Waals surface area contributed by atoms with Crippen LogP contribution in [0.15, 0.2) is 72.9 Å². The molecular weight excluding hydrogens is 564 g/mol. The number of anilines is 3. The number of nitrogens with two attached hydrogens (primary N) is 1. The number of carbonyl (C=O) groups is 3. The van der Waals surface area contributed by atoms with E-state index in [1.54, 1.807) is 23.2 Å². The van der Waals surface area contributed by atoms with E-state index in [0.717, 1.165) is 42.4 Å². The zero-order chi connectivity index (χ0) is 29.9. The largest absolute Gasteiger partial charge is 0.457 e. The number of thiophene rings is 1. The lowest BCUT2D eigenvalue weighted by molar-refractivity contribution is -0.117. The van der Waals surface area contributed by atoms with Crippen LogP contribution in [0.25, 0.3) is 10.2 Å². The molecule has 4 aromatic rings. The van der Waals surface area contributed by atoms with Crippen molar-refractivity contribution in [1.29, 1.82) is 0 Å². The predicted molar refractivity (Wildman–Crippen MR) is 168 cm³/mol. The average molecular weight is 597 g/mol. The van der Waals surface area contributed by atoms with E-state index in [1.807, 2.05) is 55.5 Å². The van der Waals surface area contributed by atoms with Gasteiger partial charge in [-0.2, -0.15) is 0 Å². The molecule has 220 valence electrons. The molecule has 0 radical (unpaired) electrons. The Morgan fingerprint density at radius 3 is 2.51 bits per heavy atom. The Morgan fingerprint density at radius 1 is 1.05 bits per heavy atom. The highest BCUT2D eigenvalue weighted by molar-refractivity contribution is 7.21. The van der Waals surface area contributed by atoms with Crippen molar-refractivity contribution in [3.05, 3.63) is 83.4 Å². The maximum absolute atomic E-state index is 13.6. The van der Waals surface area contributed by atoms with E-state index in [9.17, 15) is 14.4 Å². The first-order valence-electron chi connectivity index (χ1n) is 14.3. The number of hydrogen-bond donors (Lipinski definition) is 4. The summed E-state index contributed by atoms with van der Waals surface area (Å²) in [6.07, 6.45) is 7.74.